The Hall–Kier alpha value is -1.85. The normalized spacial score (nSPS) is 15.9. The molecule has 0 bridgehead atoms. The zero-order valence-corrected chi connectivity index (χ0v) is 13.7. The van der Waals surface area contributed by atoms with Gasteiger partial charge < -0.3 is 15.2 Å². The summed E-state index contributed by atoms with van der Waals surface area (Å²) in [5, 5.41) is 3.43. The van der Waals surface area contributed by atoms with Crippen LogP contribution in [0.3, 0.4) is 0 Å². The largest absolute Gasteiger partial charge is 0.369 e. The first-order valence-electron chi connectivity index (χ1n) is 8.63. The van der Waals surface area contributed by atoms with Crippen LogP contribution < -0.4 is 10.2 Å². The highest BCUT2D eigenvalue weighted by atomic mass is 15.3. The highest BCUT2D eigenvalue weighted by molar-refractivity contribution is 5.46. The Labute approximate surface area is 138 Å². The average molecular weight is 313 g/mol. The number of nitrogens with zero attached hydrogens (tertiary/aromatic N) is 3. The minimum Gasteiger partial charge on any atom is -0.369 e. The van der Waals surface area contributed by atoms with Crippen molar-refractivity contribution >= 4 is 5.69 Å². The van der Waals surface area contributed by atoms with Crippen molar-refractivity contribution in [1.82, 2.24) is 20.2 Å². The van der Waals surface area contributed by atoms with Gasteiger partial charge in [0.25, 0.3) is 0 Å². The topological polar surface area (TPSA) is 47.2 Å². The molecule has 3 rings (SSSR count). The zero-order valence-electron chi connectivity index (χ0n) is 13.7. The van der Waals surface area contributed by atoms with E-state index in [2.05, 4.69) is 55.4 Å². The molecular weight excluding hydrogens is 286 g/mol. The van der Waals surface area contributed by atoms with E-state index in [9.17, 15) is 0 Å². The third-order valence-electron chi connectivity index (χ3n) is 4.42. The van der Waals surface area contributed by atoms with Crippen LogP contribution in [0.2, 0.25) is 0 Å². The van der Waals surface area contributed by atoms with E-state index in [1.807, 2.05) is 6.20 Å². The predicted octanol–water partition coefficient (Wildman–Crippen LogP) is 2.10. The molecule has 1 aliphatic rings. The summed E-state index contributed by atoms with van der Waals surface area (Å²) in [5.74, 6) is 1.02. The monoisotopic (exact) mass is 313 g/mol. The molecule has 1 aromatic carbocycles. The van der Waals surface area contributed by atoms with Gasteiger partial charge in [-0.05, 0) is 38.1 Å². The van der Waals surface area contributed by atoms with Crippen LogP contribution in [-0.4, -0.2) is 54.1 Å². The molecule has 0 spiro atoms. The summed E-state index contributed by atoms with van der Waals surface area (Å²) < 4.78 is 0. The highest BCUT2D eigenvalue weighted by Crippen LogP contribution is 2.15. The van der Waals surface area contributed by atoms with Crippen molar-refractivity contribution in [3.05, 3.63) is 48.5 Å². The van der Waals surface area contributed by atoms with Gasteiger partial charge >= 0.3 is 0 Å². The Morgan fingerprint density at radius 2 is 1.87 bits per heavy atom. The summed E-state index contributed by atoms with van der Waals surface area (Å²) in [5.41, 5.74) is 1.36. The molecule has 2 heterocycles. The predicted molar refractivity (Wildman–Crippen MR) is 94.6 cm³/mol. The summed E-state index contributed by atoms with van der Waals surface area (Å²) in [6, 6.07) is 10.7. The minimum absolute atomic E-state index is 0.836. The fourth-order valence-corrected chi connectivity index (χ4v) is 3.06. The molecular formula is C18H27N5. The van der Waals surface area contributed by atoms with Gasteiger partial charge in [-0.2, -0.15) is 0 Å². The standard InChI is InChI=1S/C18H27N5/c1-2-6-17(7-3-1)23-14-12-22(13-15-23)11-5-4-8-19-16-18-20-9-10-21-18/h1-3,6-7,9-10,19H,4-5,8,11-16H2,(H,20,21). The van der Waals surface area contributed by atoms with Crippen LogP contribution in [0.4, 0.5) is 5.69 Å². The summed E-state index contributed by atoms with van der Waals surface area (Å²) in [6.45, 7) is 7.74. The molecule has 5 heteroatoms. The van der Waals surface area contributed by atoms with Crippen LogP contribution in [0.25, 0.3) is 0 Å². The molecule has 0 atom stereocenters. The molecule has 2 aromatic rings. The summed E-state index contributed by atoms with van der Waals surface area (Å²) in [6.07, 6.45) is 6.15. The molecule has 1 fully saturated rings. The summed E-state index contributed by atoms with van der Waals surface area (Å²) >= 11 is 0. The lowest BCUT2D eigenvalue weighted by atomic mass is 10.2. The van der Waals surface area contributed by atoms with E-state index in [4.69, 9.17) is 0 Å². The van der Waals surface area contributed by atoms with E-state index >= 15 is 0 Å². The molecule has 1 aromatic heterocycles. The molecule has 23 heavy (non-hydrogen) atoms. The number of nitrogens with one attached hydrogen (secondary N) is 2. The maximum absolute atomic E-state index is 4.21. The van der Waals surface area contributed by atoms with Crippen molar-refractivity contribution in [2.45, 2.75) is 19.4 Å². The second-order valence-electron chi connectivity index (χ2n) is 6.08. The minimum atomic E-state index is 0.836. The number of imidazole rings is 1. The molecule has 2 N–H and O–H groups in total. The molecule has 0 amide bonds. The number of H-pyrrole nitrogens is 1. The van der Waals surface area contributed by atoms with Crippen LogP contribution in [-0.2, 0) is 6.54 Å². The van der Waals surface area contributed by atoms with Crippen molar-refractivity contribution in [3.63, 3.8) is 0 Å². The van der Waals surface area contributed by atoms with E-state index in [0.29, 0.717) is 0 Å². The van der Waals surface area contributed by atoms with Gasteiger partial charge in [0, 0.05) is 44.3 Å². The van der Waals surface area contributed by atoms with E-state index < -0.39 is 0 Å². The lowest BCUT2D eigenvalue weighted by Crippen LogP contribution is -2.46. The van der Waals surface area contributed by atoms with Gasteiger partial charge in [0.05, 0.1) is 6.54 Å². The third-order valence-corrected chi connectivity index (χ3v) is 4.42. The third kappa shape index (κ3) is 5.08. The number of benzene rings is 1. The number of aromatic amines is 1. The van der Waals surface area contributed by atoms with Crippen LogP contribution >= 0.6 is 0 Å². The maximum Gasteiger partial charge on any atom is 0.120 e. The number of hydrogen-bond donors (Lipinski definition) is 2. The van der Waals surface area contributed by atoms with Gasteiger partial charge in [0.15, 0.2) is 0 Å². The Morgan fingerprint density at radius 3 is 2.61 bits per heavy atom. The molecule has 0 saturated carbocycles. The fourth-order valence-electron chi connectivity index (χ4n) is 3.06. The van der Waals surface area contributed by atoms with Gasteiger partial charge in [-0.3, -0.25) is 4.90 Å². The number of anilines is 1. The van der Waals surface area contributed by atoms with Gasteiger partial charge in [0.1, 0.15) is 5.82 Å². The summed E-state index contributed by atoms with van der Waals surface area (Å²) in [4.78, 5) is 12.4. The average Bonchev–Trinajstić information content (AvgIpc) is 3.13. The smallest absolute Gasteiger partial charge is 0.120 e. The van der Waals surface area contributed by atoms with Gasteiger partial charge in [-0.15, -0.1) is 0 Å². The van der Waals surface area contributed by atoms with Crippen molar-refractivity contribution in [2.24, 2.45) is 0 Å². The fraction of sp³-hybridized carbons (Fsp3) is 0.500. The van der Waals surface area contributed by atoms with E-state index in [0.717, 1.165) is 32.0 Å². The molecule has 1 saturated heterocycles. The number of aromatic nitrogens is 2. The summed E-state index contributed by atoms with van der Waals surface area (Å²) in [7, 11) is 0. The number of unbranched alkanes of at least 4 members (excludes halogenated alkanes) is 1. The van der Waals surface area contributed by atoms with Crippen LogP contribution in [0, 0.1) is 0 Å². The van der Waals surface area contributed by atoms with Gasteiger partial charge in [-0.1, -0.05) is 18.2 Å². The quantitative estimate of drug-likeness (QED) is 0.733. The molecule has 5 nitrogen and oxygen atoms in total. The first-order chi connectivity index (χ1) is 11.4. The lowest BCUT2D eigenvalue weighted by Gasteiger charge is -2.36. The molecule has 0 radical (unpaired) electrons. The number of rotatable bonds is 8. The first-order valence-corrected chi connectivity index (χ1v) is 8.63. The second kappa shape index (κ2) is 8.70. The Balaban J connectivity index is 1.25. The Morgan fingerprint density at radius 1 is 1.04 bits per heavy atom. The van der Waals surface area contributed by atoms with Gasteiger partial charge in [-0.25, -0.2) is 4.98 Å². The molecule has 1 aliphatic heterocycles. The Bertz CT molecular complexity index is 532. The molecule has 0 unspecified atom stereocenters. The van der Waals surface area contributed by atoms with E-state index in [1.165, 1.54) is 38.2 Å². The van der Waals surface area contributed by atoms with Crippen LogP contribution in [0.15, 0.2) is 42.7 Å². The molecule has 124 valence electrons. The van der Waals surface area contributed by atoms with Crippen molar-refractivity contribution in [3.8, 4) is 0 Å². The van der Waals surface area contributed by atoms with Crippen molar-refractivity contribution in [2.75, 3.05) is 44.2 Å². The molecule has 0 aliphatic carbocycles. The Kier molecular flexibility index (Phi) is 6.06. The van der Waals surface area contributed by atoms with E-state index in [1.54, 1.807) is 6.20 Å². The maximum atomic E-state index is 4.21. The number of piperazine rings is 1. The second-order valence-corrected chi connectivity index (χ2v) is 6.08. The van der Waals surface area contributed by atoms with Crippen molar-refractivity contribution in [1.29, 1.82) is 0 Å². The highest BCUT2D eigenvalue weighted by Gasteiger charge is 2.16. The number of hydrogen-bond acceptors (Lipinski definition) is 4. The van der Waals surface area contributed by atoms with Crippen LogP contribution in [0.1, 0.15) is 18.7 Å². The van der Waals surface area contributed by atoms with E-state index in [-0.39, 0.29) is 0 Å². The SMILES string of the molecule is c1ccc(N2CCN(CCCCNCc3ncc[nH]3)CC2)cc1. The van der Waals surface area contributed by atoms with Gasteiger partial charge in [0.2, 0.25) is 0 Å². The van der Waals surface area contributed by atoms with Crippen molar-refractivity contribution < 1.29 is 0 Å². The van der Waals surface area contributed by atoms with Crippen LogP contribution in [0.5, 0.6) is 0 Å². The first kappa shape index (κ1) is 16.0. The lowest BCUT2D eigenvalue weighted by molar-refractivity contribution is 0.252. The zero-order chi connectivity index (χ0) is 15.7. The number of para-hydroxylation sites is 1.